The van der Waals surface area contributed by atoms with E-state index in [1.807, 2.05) is 12.1 Å². The van der Waals surface area contributed by atoms with Gasteiger partial charge >= 0.3 is 0 Å². The highest BCUT2D eigenvalue weighted by Crippen LogP contribution is 2.31. The molecular weight excluding hydrogens is 450 g/mol. The van der Waals surface area contributed by atoms with Gasteiger partial charge in [0.1, 0.15) is 4.90 Å². The summed E-state index contributed by atoms with van der Waals surface area (Å²) in [7, 11) is -3.55. The molecule has 0 bridgehead atoms. The van der Waals surface area contributed by atoms with Crippen LogP contribution in [0.1, 0.15) is 9.75 Å². The van der Waals surface area contributed by atoms with Crippen LogP contribution in [0.3, 0.4) is 0 Å². The average molecular weight is 461 g/mol. The summed E-state index contributed by atoms with van der Waals surface area (Å²) in [4.78, 5) is 1.90. The molecule has 0 spiro atoms. The van der Waals surface area contributed by atoms with E-state index < -0.39 is 10.0 Å². The van der Waals surface area contributed by atoms with Crippen molar-refractivity contribution in [3.8, 4) is 0 Å². The number of hydrogen-bond acceptors (Lipinski definition) is 5. The van der Waals surface area contributed by atoms with E-state index >= 15 is 0 Å². The molecule has 0 saturated carbocycles. The lowest BCUT2D eigenvalue weighted by Crippen LogP contribution is -2.25. The Morgan fingerprint density at radius 1 is 1.20 bits per heavy atom. The van der Waals surface area contributed by atoms with Crippen LogP contribution in [0.5, 0.6) is 0 Å². The van der Waals surface area contributed by atoms with E-state index in [9.17, 15) is 8.42 Å². The normalized spacial score (nSPS) is 11.9. The lowest BCUT2D eigenvalue weighted by molar-refractivity contribution is 0.285. The minimum absolute atomic E-state index is 0.165. The van der Waals surface area contributed by atoms with Gasteiger partial charge in [-0.15, -0.1) is 22.7 Å². The van der Waals surface area contributed by atoms with Gasteiger partial charge in [0, 0.05) is 16.3 Å². The first kappa shape index (κ1) is 16.6. The molecule has 2 aromatic rings. The van der Waals surface area contributed by atoms with Gasteiger partial charge in [-0.2, -0.15) is 0 Å². The zero-order valence-corrected chi connectivity index (χ0v) is 15.7. The fraction of sp³-hybridized carbons (Fsp3) is 0.273. The van der Waals surface area contributed by atoms with E-state index in [-0.39, 0.29) is 11.5 Å². The monoisotopic (exact) mass is 459 g/mol. The predicted molar refractivity (Wildman–Crippen MR) is 88.9 cm³/mol. The molecule has 2 rings (SSSR count). The molecule has 0 unspecified atom stereocenters. The summed E-state index contributed by atoms with van der Waals surface area (Å²) in [5.41, 5.74) is 0. The highest BCUT2D eigenvalue weighted by atomic mass is 79.9. The number of aliphatic hydroxyl groups is 1. The van der Waals surface area contributed by atoms with Crippen molar-refractivity contribution in [1.29, 1.82) is 0 Å². The molecule has 0 aliphatic rings. The van der Waals surface area contributed by atoms with Crippen LogP contribution in [0.25, 0.3) is 0 Å². The molecule has 2 N–H and O–H groups in total. The largest absolute Gasteiger partial charge is 0.391 e. The number of halogens is 2. The number of thiophene rings is 2. The summed E-state index contributed by atoms with van der Waals surface area (Å²) in [5, 5.41) is 9.04. The second-order valence-electron chi connectivity index (χ2n) is 3.86. The molecule has 2 aromatic heterocycles. The molecule has 2 heterocycles. The van der Waals surface area contributed by atoms with E-state index in [1.54, 1.807) is 11.3 Å². The molecule has 0 radical (unpaired) electrons. The fourth-order valence-corrected chi connectivity index (χ4v) is 6.59. The van der Waals surface area contributed by atoms with E-state index in [4.69, 9.17) is 5.11 Å². The fourth-order valence-electron chi connectivity index (χ4n) is 1.53. The lowest BCUT2D eigenvalue weighted by atomic mass is 10.3. The van der Waals surface area contributed by atoms with Gasteiger partial charge in [0.2, 0.25) is 10.0 Å². The Morgan fingerprint density at radius 3 is 2.50 bits per heavy atom. The quantitative estimate of drug-likeness (QED) is 0.694. The van der Waals surface area contributed by atoms with Crippen molar-refractivity contribution in [3.63, 3.8) is 0 Å². The maximum atomic E-state index is 12.2. The Kier molecular flexibility index (Phi) is 5.80. The Morgan fingerprint density at radius 2 is 1.95 bits per heavy atom. The number of nitrogens with one attached hydrogen (secondary N) is 1. The third kappa shape index (κ3) is 4.12. The predicted octanol–water partition coefficient (Wildman–Crippen LogP) is 3.35. The van der Waals surface area contributed by atoms with Crippen LogP contribution in [0.4, 0.5) is 0 Å². The Balaban J connectivity index is 2.01. The summed E-state index contributed by atoms with van der Waals surface area (Å²) in [6, 6.07) is 5.39. The zero-order chi connectivity index (χ0) is 14.8. The topological polar surface area (TPSA) is 66.4 Å². The number of sulfonamides is 1. The first-order valence-electron chi connectivity index (χ1n) is 5.55. The van der Waals surface area contributed by atoms with Gasteiger partial charge in [-0.05, 0) is 56.5 Å². The molecule has 0 amide bonds. The van der Waals surface area contributed by atoms with Gasteiger partial charge in [0.15, 0.2) is 0 Å². The number of aliphatic hydroxyl groups excluding tert-OH is 1. The van der Waals surface area contributed by atoms with Crippen LogP contribution in [0.2, 0.25) is 0 Å². The Bertz CT molecular complexity index is 694. The molecule has 0 fully saturated rings. The van der Waals surface area contributed by atoms with Crippen LogP contribution in [-0.2, 0) is 23.1 Å². The summed E-state index contributed by atoms with van der Waals surface area (Å²) in [6.07, 6.45) is 0.643. The molecule has 110 valence electrons. The molecule has 20 heavy (non-hydrogen) atoms. The summed E-state index contributed by atoms with van der Waals surface area (Å²) < 4.78 is 28.4. The molecule has 4 nitrogen and oxygen atoms in total. The minimum Gasteiger partial charge on any atom is -0.391 e. The summed E-state index contributed by atoms with van der Waals surface area (Å²) in [5.74, 6) is 0. The van der Waals surface area contributed by atoms with Gasteiger partial charge < -0.3 is 5.11 Å². The van der Waals surface area contributed by atoms with E-state index in [0.717, 1.165) is 8.66 Å². The second kappa shape index (κ2) is 6.99. The van der Waals surface area contributed by atoms with Gasteiger partial charge in [-0.1, -0.05) is 0 Å². The molecule has 0 aromatic carbocycles. The highest BCUT2D eigenvalue weighted by Gasteiger charge is 2.20. The van der Waals surface area contributed by atoms with Crippen molar-refractivity contribution in [1.82, 2.24) is 4.72 Å². The van der Waals surface area contributed by atoms with Gasteiger partial charge in [0.05, 0.1) is 14.2 Å². The molecule has 0 aliphatic heterocycles. The molecule has 0 aliphatic carbocycles. The zero-order valence-electron chi connectivity index (χ0n) is 10.1. The average Bonchev–Trinajstić information content (AvgIpc) is 2.95. The highest BCUT2D eigenvalue weighted by molar-refractivity contribution is 9.11. The van der Waals surface area contributed by atoms with E-state index in [2.05, 4.69) is 36.6 Å². The van der Waals surface area contributed by atoms with Crippen molar-refractivity contribution in [2.45, 2.75) is 17.9 Å². The number of rotatable bonds is 6. The third-order valence-corrected chi connectivity index (χ3v) is 7.83. The molecule has 9 heteroatoms. The van der Waals surface area contributed by atoms with Crippen LogP contribution >= 0.6 is 54.5 Å². The van der Waals surface area contributed by atoms with E-state index in [1.165, 1.54) is 17.4 Å². The first-order valence-corrected chi connectivity index (χ1v) is 10.3. The van der Waals surface area contributed by atoms with Gasteiger partial charge in [-0.3, -0.25) is 0 Å². The van der Waals surface area contributed by atoms with Crippen molar-refractivity contribution >= 4 is 64.6 Å². The molecule has 0 saturated heterocycles. The van der Waals surface area contributed by atoms with Crippen LogP contribution in [0, 0.1) is 0 Å². The number of hydrogen-bond donors (Lipinski definition) is 2. The smallest absolute Gasteiger partial charge is 0.242 e. The summed E-state index contributed by atoms with van der Waals surface area (Å²) >= 11 is 9.39. The minimum atomic E-state index is -3.55. The van der Waals surface area contributed by atoms with Crippen molar-refractivity contribution in [2.75, 3.05) is 6.54 Å². The second-order valence-corrected chi connectivity index (χ2v) is 10.6. The lowest BCUT2D eigenvalue weighted by Gasteiger charge is -2.04. The van der Waals surface area contributed by atoms with Gasteiger partial charge in [-0.25, -0.2) is 13.1 Å². The van der Waals surface area contributed by atoms with E-state index in [0.29, 0.717) is 21.6 Å². The van der Waals surface area contributed by atoms with Crippen LogP contribution in [-0.4, -0.2) is 20.1 Å². The van der Waals surface area contributed by atoms with Crippen molar-refractivity contribution < 1.29 is 13.5 Å². The third-order valence-electron chi connectivity index (χ3n) is 2.44. The van der Waals surface area contributed by atoms with Crippen molar-refractivity contribution in [2.24, 2.45) is 0 Å². The summed E-state index contributed by atoms with van der Waals surface area (Å²) in [6.45, 7) is 0.175. The maximum absolute atomic E-state index is 12.2. The van der Waals surface area contributed by atoms with Crippen LogP contribution in [0.15, 0.2) is 30.7 Å². The van der Waals surface area contributed by atoms with Crippen molar-refractivity contribution in [3.05, 3.63) is 35.5 Å². The maximum Gasteiger partial charge on any atom is 0.242 e. The van der Waals surface area contributed by atoms with Gasteiger partial charge in [0.25, 0.3) is 0 Å². The molecule has 0 atom stereocenters. The molecular formula is C11H11Br2NO3S3. The first-order chi connectivity index (χ1) is 9.42. The Hall–Kier alpha value is 0.230. The van der Waals surface area contributed by atoms with Crippen LogP contribution < -0.4 is 4.72 Å². The standard InChI is InChI=1S/C11H11Br2NO3S3/c12-10-2-1-7(18-10)3-4-14-20(16,17)9-5-8(6-15)19-11(9)13/h1-2,5,14-15H,3-4,6H2. The Labute approximate surface area is 142 Å². The SMILES string of the molecule is O=S(=O)(NCCc1ccc(Br)s1)c1cc(CO)sc1Br.